The van der Waals surface area contributed by atoms with E-state index in [1.165, 1.54) is 26.1 Å². The lowest BCUT2D eigenvalue weighted by Gasteiger charge is -2.12. The van der Waals surface area contributed by atoms with Crippen molar-refractivity contribution in [2.75, 3.05) is 11.9 Å². The third-order valence-corrected chi connectivity index (χ3v) is 5.11. The van der Waals surface area contributed by atoms with Crippen LogP contribution in [0.15, 0.2) is 12.3 Å². The standard InChI is InChI=1S/C17H19N3O6S/c1-5-26-17(25)12-8(2)13(10(4)21)27-15(12)19-14(22)11-6-7-18-20(11)9(3)16(23)24/h6-7,9H,5H2,1-4H3,(H,19,22)(H,23,24). The molecule has 2 heterocycles. The summed E-state index contributed by atoms with van der Waals surface area (Å²) in [6.45, 7) is 6.14. The fourth-order valence-electron chi connectivity index (χ4n) is 2.46. The third kappa shape index (κ3) is 4.05. The van der Waals surface area contributed by atoms with Gasteiger partial charge in [-0.25, -0.2) is 14.3 Å². The number of ether oxygens (including phenoxy) is 1. The zero-order valence-corrected chi connectivity index (χ0v) is 16.0. The van der Waals surface area contributed by atoms with Gasteiger partial charge in [0.05, 0.1) is 17.0 Å². The molecule has 2 aromatic heterocycles. The topological polar surface area (TPSA) is 128 Å². The van der Waals surface area contributed by atoms with Crippen molar-refractivity contribution in [1.29, 1.82) is 0 Å². The number of carbonyl (C=O) groups excluding carboxylic acids is 3. The van der Waals surface area contributed by atoms with Crippen molar-refractivity contribution >= 4 is 40.0 Å². The molecule has 0 radical (unpaired) electrons. The smallest absolute Gasteiger partial charge is 0.341 e. The number of Topliss-reactive ketones (excluding diaryl/α,β-unsaturated/α-hetero) is 1. The van der Waals surface area contributed by atoms with Gasteiger partial charge in [0.1, 0.15) is 16.7 Å². The van der Waals surface area contributed by atoms with Crippen LogP contribution in [0.1, 0.15) is 62.9 Å². The maximum Gasteiger partial charge on any atom is 0.341 e. The number of aliphatic carboxylic acids is 1. The molecule has 0 aliphatic rings. The van der Waals surface area contributed by atoms with Crippen LogP contribution in [0.4, 0.5) is 5.00 Å². The fourth-order valence-corrected chi connectivity index (χ4v) is 3.55. The molecule has 1 amide bonds. The molecule has 0 aromatic carbocycles. The van der Waals surface area contributed by atoms with Crippen LogP contribution >= 0.6 is 11.3 Å². The average Bonchev–Trinajstić information content (AvgIpc) is 3.19. The Morgan fingerprint density at radius 1 is 1.37 bits per heavy atom. The van der Waals surface area contributed by atoms with Crippen molar-refractivity contribution in [2.45, 2.75) is 33.7 Å². The summed E-state index contributed by atoms with van der Waals surface area (Å²) in [5, 5.41) is 15.7. The molecule has 0 aliphatic heterocycles. The molecule has 10 heteroatoms. The summed E-state index contributed by atoms with van der Waals surface area (Å²) >= 11 is 0.966. The molecule has 27 heavy (non-hydrogen) atoms. The van der Waals surface area contributed by atoms with Crippen LogP contribution in [0.2, 0.25) is 0 Å². The summed E-state index contributed by atoms with van der Waals surface area (Å²) in [6, 6.07) is 0.314. The highest BCUT2D eigenvalue weighted by molar-refractivity contribution is 7.18. The van der Waals surface area contributed by atoms with Crippen molar-refractivity contribution in [1.82, 2.24) is 9.78 Å². The Hall–Kier alpha value is -3.01. The highest BCUT2D eigenvalue weighted by atomic mass is 32.1. The number of hydrogen-bond acceptors (Lipinski definition) is 7. The first kappa shape index (κ1) is 20.3. The number of nitrogens with one attached hydrogen (secondary N) is 1. The third-order valence-electron chi connectivity index (χ3n) is 3.80. The molecule has 2 aromatic rings. The monoisotopic (exact) mass is 393 g/mol. The number of carboxylic acid groups (broad SMARTS) is 1. The van der Waals surface area contributed by atoms with Crippen molar-refractivity contribution in [2.24, 2.45) is 0 Å². The molecule has 144 valence electrons. The number of anilines is 1. The number of aromatic nitrogens is 2. The minimum atomic E-state index is -1.15. The number of carbonyl (C=O) groups is 4. The Morgan fingerprint density at radius 3 is 2.59 bits per heavy atom. The number of thiophene rings is 1. The van der Waals surface area contributed by atoms with E-state index < -0.39 is 23.9 Å². The Morgan fingerprint density at radius 2 is 2.04 bits per heavy atom. The minimum absolute atomic E-state index is 0.00939. The van der Waals surface area contributed by atoms with Gasteiger partial charge >= 0.3 is 11.9 Å². The van der Waals surface area contributed by atoms with Gasteiger partial charge in [-0.2, -0.15) is 5.10 Å². The van der Waals surface area contributed by atoms with Gasteiger partial charge in [-0.15, -0.1) is 11.3 Å². The van der Waals surface area contributed by atoms with Gasteiger partial charge in [0.15, 0.2) is 5.78 Å². The van der Waals surface area contributed by atoms with E-state index in [1.54, 1.807) is 13.8 Å². The van der Waals surface area contributed by atoms with Crippen molar-refractivity contribution in [3.63, 3.8) is 0 Å². The van der Waals surface area contributed by atoms with Crippen LogP contribution in [-0.4, -0.2) is 45.1 Å². The summed E-state index contributed by atoms with van der Waals surface area (Å²) in [7, 11) is 0. The van der Waals surface area contributed by atoms with Crippen LogP contribution in [0, 0.1) is 6.92 Å². The van der Waals surface area contributed by atoms with Crippen LogP contribution in [-0.2, 0) is 9.53 Å². The molecule has 0 bridgehead atoms. The molecular weight excluding hydrogens is 374 g/mol. The van der Waals surface area contributed by atoms with Gasteiger partial charge < -0.3 is 15.2 Å². The summed E-state index contributed by atoms with van der Waals surface area (Å²) < 4.78 is 6.08. The lowest BCUT2D eigenvalue weighted by molar-refractivity contribution is -0.140. The zero-order valence-electron chi connectivity index (χ0n) is 15.2. The highest BCUT2D eigenvalue weighted by Gasteiger charge is 2.27. The second kappa shape index (κ2) is 8.12. The van der Waals surface area contributed by atoms with Gasteiger partial charge in [-0.1, -0.05) is 0 Å². The predicted octanol–water partition coefficient (Wildman–Crippen LogP) is 2.53. The van der Waals surface area contributed by atoms with E-state index >= 15 is 0 Å². The molecule has 1 unspecified atom stereocenters. The molecule has 2 N–H and O–H groups in total. The highest BCUT2D eigenvalue weighted by Crippen LogP contribution is 2.34. The number of nitrogens with zero attached hydrogens (tertiary/aromatic N) is 2. The Kier molecular flexibility index (Phi) is 6.11. The largest absolute Gasteiger partial charge is 0.480 e. The van der Waals surface area contributed by atoms with Crippen molar-refractivity contribution in [3.05, 3.63) is 34.0 Å². The molecule has 1 atom stereocenters. The molecule has 2 rings (SSSR count). The number of rotatable bonds is 7. The number of ketones is 1. The first-order valence-electron chi connectivity index (χ1n) is 8.08. The Balaban J connectivity index is 2.43. The van der Waals surface area contributed by atoms with E-state index in [9.17, 15) is 19.2 Å². The molecule has 9 nitrogen and oxygen atoms in total. The van der Waals surface area contributed by atoms with Crippen LogP contribution in [0.3, 0.4) is 0 Å². The molecule has 0 saturated heterocycles. The zero-order chi connectivity index (χ0) is 20.3. The lowest BCUT2D eigenvalue weighted by Crippen LogP contribution is -2.24. The van der Waals surface area contributed by atoms with Crippen LogP contribution in [0.5, 0.6) is 0 Å². The van der Waals surface area contributed by atoms with Gasteiger partial charge in [0, 0.05) is 6.20 Å². The summed E-state index contributed by atoms with van der Waals surface area (Å²) in [6.07, 6.45) is 1.31. The normalized spacial score (nSPS) is 11.7. The summed E-state index contributed by atoms with van der Waals surface area (Å²) in [5.41, 5.74) is 0.543. The van der Waals surface area contributed by atoms with Crippen molar-refractivity contribution in [3.8, 4) is 0 Å². The van der Waals surface area contributed by atoms with Gasteiger partial charge in [-0.05, 0) is 39.3 Å². The SMILES string of the molecule is CCOC(=O)c1c(NC(=O)c2ccnn2C(C)C(=O)O)sc(C(C)=O)c1C. The number of carboxylic acids is 1. The van der Waals surface area contributed by atoms with E-state index in [-0.39, 0.29) is 28.6 Å². The molecular formula is C17H19N3O6S. The Bertz CT molecular complexity index is 914. The molecule has 0 fully saturated rings. The van der Waals surface area contributed by atoms with Gasteiger partial charge in [0.2, 0.25) is 0 Å². The average molecular weight is 393 g/mol. The van der Waals surface area contributed by atoms with Gasteiger partial charge in [0.25, 0.3) is 5.91 Å². The maximum absolute atomic E-state index is 12.7. The maximum atomic E-state index is 12.7. The first-order chi connectivity index (χ1) is 12.7. The van der Waals surface area contributed by atoms with Crippen LogP contribution in [0.25, 0.3) is 0 Å². The summed E-state index contributed by atoms with van der Waals surface area (Å²) in [4.78, 5) is 48.3. The molecule has 0 spiro atoms. The number of esters is 1. The number of hydrogen-bond donors (Lipinski definition) is 2. The van der Waals surface area contributed by atoms with Crippen molar-refractivity contribution < 1.29 is 29.0 Å². The van der Waals surface area contributed by atoms with E-state index in [0.29, 0.717) is 10.4 Å². The lowest BCUT2D eigenvalue weighted by atomic mass is 10.1. The van der Waals surface area contributed by atoms with E-state index in [4.69, 9.17) is 9.84 Å². The van der Waals surface area contributed by atoms with Gasteiger partial charge in [-0.3, -0.25) is 9.59 Å². The van der Waals surface area contributed by atoms with E-state index in [2.05, 4.69) is 10.4 Å². The molecule has 0 aliphatic carbocycles. The first-order valence-corrected chi connectivity index (χ1v) is 8.89. The van der Waals surface area contributed by atoms with Crippen LogP contribution < -0.4 is 5.32 Å². The quantitative estimate of drug-likeness (QED) is 0.546. The fraction of sp³-hybridized carbons (Fsp3) is 0.353. The van der Waals surface area contributed by atoms with E-state index in [1.807, 2.05) is 0 Å². The second-order valence-corrected chi connectivity index (χ2v) is 6.69. The Labute approximate surface area is 158 Å². The van der Waals surface area contributed by atoms with E-state index in [0.717, 1.165) is 16.0 Å². The minimum Gasteiger partial charge on any atom is -0.480 e. The predicted molar refractivity (Wildman–Crippen MR) is 97.5 cm³/mol. The molecule has 0 saturated carbocycles. The second-order valence-electron chi connectivity index (χ2n) is 5.67. The summed E-state index contributed by atoms with van der Waals surface area (Å²) in [5.74, 6) is -2.69. The number of amides is 1.